The molecule has 3 aromatic rings. The molecule has 31 heavy (non-hydrogen) atoms. The number of halogens is 3. The molecule has 1 saturated heterocycles. The van der Waals surface area contributed by atoms with Crippen LogP contribution < -0.4 is 5.32 Å². The maximum atomic E-state index is 13.3. The van der Waals surface area contributed by atoms with E-state index >= 15 is 0 Å². The summed E-state index contributed by atoms with van der Waals surface area (Å²) in [7, 11) is 0. The van der Waals surface area contributed by atoms with Gasteiger partial charge >= 0.3 is 6.18 Å². The van der Waals surface area contributed by atoms with Crippen LogP contribution in [0.2, 0.25) is 0 Å². The van der Waals surface area contributed by atoms with E-state index in [1.807, 2.05) is 0 Å². The first kappa shape index (κ1) is 21.8. The van der Waals surface area contributed by atoms with Crippen molar-refractivity contribution in [1.82, 2.24) is 20.1 Å². The summed E-state index contributed by atoms with van der Waals surface area (Å²) in [5, 5.41) is 13.3. The summed E-state index contributed by atoms with van der Waals surface area (Å²) < 4.78 is 47.0. The number of thioether (sulfide) groups is 1. The van der Waals surface area contributed by atoms with Gasteiger partial charge in [0.15, 0.2) is 11.0 Å². The summed E-state index contributed by atoms with van der Waals surface area (Å²) in [6, 6.07) is 8.46. The van der Waals surface area contributed by atoms with E-state index in [1.165, 1.54) is 29.2 Å². The number of nitrogens with zero attached hydrogens (tertiary/aromatic N) is 3. The fourth-order valence-corrected chi connectivity index (χ4v) is 4.86. The third-order valence-corrected chi connectivity index (χ3v) is 6.64. The van der Waals surface area contributed by atoms with E-state index in [-0.39, 0.29) is 24.2 Å². The number of alkyl halides is 3. The number of nitrogens with one attached hydrogen (secondary N) is 1. The standard InChI is InChI=1S/C20H19F3N4O2S2/c21-20(22,23)13-4-1-5-14(10-13)27-17(11-24-18(28)16-7-3-9-30-16)25-26-19(27)31-12-15-6-2-8-29-15/h1,3-5,7,9-10,15H,2,6,8,11-12H2,(H,24,28)/t15-/m1/s1. The largest absolute Gasteiger partial charge is 0.416 e. The van der Waals surface area contributed by atoms with E-state index in [0.29, 0.717) is 28.2 Å². The molecule has 2 aromatic heterocycles. The average Bonchev–Trinajstić information content (AvgIpc) is 3.52. The highest BCUT2D eigenvalue weighted by Gasteiger charge is 2.31. The van der Waals surface area contributed by atoms with Crippen LogP contribution >= 0.6 is 23.1 Å². The van der Waals surface area contributed by atoms with Crippen molar-refractivity contribution in [3.8, 4) is 5.69 Å². The van der Waals surface area contributed by atoms with E-state index in [2.05, 4.69) is 15.5 Å². The van der Waals surface area contributed by atoms with Gasteiger partial charge in [-0.25, -0.2) is 0 Å². The summed E-state index contributed by atoms with van der Waals surface area (Å²) in [4.78, 5) is 12.8. The van der Waals surface area contributed by atoms with Crippen molar-refractivity contribution in [2.75, 3.05) is 12.4 Å². The van der Waals surface area contributed by atoms with Crippen molar-refractivity contribution < 1.29 is 22.7 Å². The van der Waals surface area contributed by atoms with E-state index < -0.39 is 11.7 Å². The number of amides is 1. The molecule has 1 atom stereocenters. The third-order valence-electron chi connectivity index (χ3n) is 4.71. The molecule has 1 aliphatic rings. The summed E-state index contributed by atoms with van der Waals surface area (Å²) in [5.41, 5.74) is -0.475. The molecule has 3 heterocycles. The molecular weight excluding hydrogens is 449 g/mol. The van der Waals surface area contributed by atoms with Crippen molar-refractivity contribution in [1.29, 1.82) is 0 Å². The maximum absolute atomic E-state index is 13.3. The Bertz CT molecular complexity index is 1030. The molecule has 0 bridgehead atoms. The zero-order chi connectivity index (χ0) is 21.8. The number of carbonyl (C=O) groups excluding carboxylic acids is 1. The van der Waals surface area contributed by atoms with Gasteiger partial charge in [0.05, 0.1) is 28.8 Å². The molecule has 11 heteroatoms. The first-order chi connectivity index (χ1) is 14.9. The Morgan fingerprint density at radius 3 is 2.87 bits per heavy atom. The molecule has 0 aliphatic carbocycles. The Kier molecular flexibility index (Phi) is 6.63. The van der Waals surface area contributed by atoms with Crippen molar-refractivity contribution in [2.24, 2.45) is 0 Å². The summed E-state index contributed by atoms with van der Waals surface area (Å²) in [6.07, 6.45) is -2.46. The molecule has 1 aliphatic heterocycles. The van der Waals surface area contributed by atoms with Gasteiger partial charge in [0.1, 0.15) is 0 Å². The van der Waals surface area contributed by atoms with Gasteiger partial charge in [0, 0.05) is 12.4 Å². The molecule has 0 spiro atoms. The van der Waals surface area contributed by atoms with Crippen molar-refractivity contribution in [3.05, 3.63) is 58.0 Å². The fraction of sp³-hybridized carbons (Fsp3) is 0.350. The van der Waals surface area contributed by atoms with Crippen LogP contribution in [0.15, 0.2) is 46.9 Å². The fourth-order valence-electron chi connectivity index (χ4n) is 3.19. The van der Waals surface area contributed by atoms with Gasteiger partial charge in [-0.05, 0) is 42.5 Å². The predicted octanol–water partition coefficient (Wildman–Crippen LogP) is 4.55. The highest BCUT2D eigenvalue weighted by Crippen LogP contribution is 2.32. The Balaban J connectivity index is 1.60. The number of hydrogen-bond donors (Lipinski definition) is 1. The molecule has 164 valence electrons. The van der Waals surface area contributed by atoms with E-state index in [4.69, 9.17) is 4.74 Å². The minimum atomic E-state index is -4.47. The summed E-state index contributed by atoms with van der Waals surface area (Å²) >= 11 is 2.68. The number of rotatable bonds is 7. The number of benzene rings is 1. The molecule has 1 fully saturated rings. The first-order valence-electron chi connectivity index (χ1n) is 9.60. The number of carbonyl (C=O) groups is 1. The highest BCUT2D eigenvalue weighted by molar-refractivity contribution is 7.99. The van der Waals surface area contributed by atoms with Crippen molar-refractivity contribution in [2.45, 2.75) is 36.8 Å². The van der Waals surface area contributed by atoms with Gasteiger partial charge in [-0.2, -0.15) is 13.2 Å². The second-order valence-corrected chi connectivity index (χ2v) is 8.82. The molecular formula is C20H19F3N4O2S2. The maximum Gasteiger partial charge on any atom is 0.416 e. The zero-order valence-electron chi connectivity index (χ0n) is 16.3. The average molecular weight is 469 g/mol. The van der Waals surface area contributed by atoms with Crippen LogP contribution in [0.1, 0.15) is 33.9 Å². The SMILES string of the molecule is O=C(NCc1nnc(SC[C@H]2CCCO2)n1-c1cccc(C(F)(F)F)c1)c1cccs1. The predicted molar refractivity (Wildman–Crippen MR) is 112 cm³/mol. The lowest BCUT2D eigenvalue weighted by atomic mass is 10.2. The quantitative estimate of drug-likeness (QED) is 0.516. The van der Waals surface area contributed by atoms with Crippen LogP contribution in [0.5, 0.6) is 0 Å². The van der Waals surface area contributed by atoms with Crippen LogP contribution in [0.25, 0.3) is 5.69 Å². The topological polar surface area (TPSA) is 69.0 Å². The Hall–Kier alpha value is -2.37. The number of hydrogen-bond acceptors (Lipinski definition) is 6. The van der Waals surface area contributed by atoms with E-state index in [0.717, 1.165) is 25.0 Å². The van der Waals surface area contributed by atoms with E-state index in [9.17, 15) is 18.0 Å². The molecule has 1 aromatic carbocycles. The van der Waals surface area contributed by atoms with E-state index in [1.54, 1.807) is 28.1 Å². The Morgan fingerprint density at radius 1 is 1.29 bits per heavy atom. The van der Waals surface area contributed by atoms with Gasteiger partial charge in [-0.3, -0.25) is 9.36 Å². The van der Waals surface area contributed by atoms with Crippen LogP contribution in [0.3, 0.4) is 0 Å². The van der Waals surface area contributed by atoms with Crippen LogP contribution in [0, 0.1) is 0 Å². The lowest BCUT2D eigenvalue weighted by molar-refractivity contribution is -0.137. The van der Waals surface area contributed by atoms with Gasteiger partial charge < -0.3 is 10.1 Å². The number of ether oxygens (including phenoxy) is 1. The minimum absolute atomic E-state index is 0.0282. The monoisotopic (exact) mass is 468 g/mol. The minimum Gasteiger partial charge on any atom is -0.377 e. The Morgan fingerprint density at radius 2 is 2.16 bits per heavy atom. The first-order valence-corrected chi connectivity index (χ1v) is 11.5. The molecule has 1 N–H and O–H groups in total. The molecule has 0 unspecified atom stereocenters. The third kappa shape index (κ3) is 5.28. The Labute approximate surface area is 184 Å². The van der Waals surface area contributed by atoms with Gasteiger partial charge in [-0.1, -0.05) is 23.9 Å². The van der Waals surface area contributed by atoms with Crippen molar-refractivity contribution >= 4 is 29.0 Å². The van der Waals surface area contributed by atoms with Gasteiger partial charge in [0.25, 0.3) is 5.91 Å². The van der Waals surface area contributed by atoms with Crippen LogP contribution in [-0.2, 0) is 17.5 Å². The normalized spacial score (nSPS) is 16.5. The summed E-state index contributed by atoms with van der Waals surface area (Å²) in [5.74, 6) is 0.694. The highest BCUT2D eigenvalue weighted by atomic mass is 32.2. The number of aromatic nitrogens is 3. The second kappa shape index (κ2) is 9.41. The van der Waals surface area contributed by atoms with Crippen molar-refractivity contribution in [3.63, 3.8) is 0 Å². The zero-order valence-corrected chi connectivity index (χ0v) is 17.9. The molecule has 4 rings (SSSR count). The molecule has 0 radical (unpaired) electrons. The van der Waals surface area contributed by atoms with Gasteiger partial charge in [0.2, 0.25) is 0 Å². The van der Waals surface area contributed by atoms with Crippen LogP contribution in [-0.4, -0.2) is 39.1 Å². The molecule has 0 saturated carbocycles. The van der Waals surface area contributed by atoms with Gasteiger partial charge in [-0.15, -0.1) is 21.5 Å². The second-order valence-electron chi connectivity index (χ2n) is 6.89. The number of thiophene rings is 1. The lowest BCUT2D eigenvalue weighted by Gasteiger charge is -2.14. The molecule has 1 amide bonds. The lowest BCUT2D eigenvalue weighted by Crippen LogP contribution is -2.24. The smallest absolute Gasteiger partial charge is 0.377 e. The summed E-state index contributed by atoms with van der Waals surface area (Å²) in [6.45, 7) is 0.742. The molecule has 6 nitrogen and oxygen atoms in total. The van der Waals surface area contributed by atoms with Crippen LogP contribution in [0.4, 0.5) is 13.2 Å².